The lowest BCUT2D eigenvalue weighted by Crippen LogP contribution is -2.48. The summed E-state index contributed by atoms with van der Waals surface area (Å²) >= 11 is 0. The maximum absolute atomic E-state index is 13.2. The Labute approximate surface area is 210 Å². The van der Waals surface area contributed by atoms with Crippen LogP contribution in [-0.2, 0) is 26.6 Å². The van der Waals surface area contributed by atoms with E-state index in [9.17, 15) is 18.0 Å². The summed E-state index contributed by atoms with van der Waals surface area (Å²) in [6.07, 6.45) is 2.36. The van der Waals surface area contributed by atoms with Crippen molar-refractivity contribution < 1.29 is 22.4 Å². The van der Waals surface area contributed by atoms with Gasteiger partial charge in [0.2, 0.25) is 5.91 Å². The highest BCUT2D eigenvalue weighted by atomic mass is 32.2. The van der Waals surface area contributed by atoms with Gasteiger partial charge in [-0.25, -0.2) is 8.42 Å². The molecule has 188 valence electrons. The number of benzene rings is 2. The van der Waals surface area contributed by atoms with E-state index in [1.165, 1.54) is 0 Å². The van der Waals surface area contributed by atoms with Gasteiger partial charge in [-0.05, 0) is 42.2 Å². The lowest BCUT2D eigenvalue weighted by molar-refractivity contribution is -0.116. The third-order valence-corrected chi connectivity index (χ3v) is 7.96. The Hall–Kier alpha value is -3.43. The highest BCUT2D eigenvalue weighted by molar-refractivity contribution is 7.91. The van der Waals surface area contributed by atoms with Gasteiger partial charge in [0, 0.05) is 49.1 Å². The molecule has 3 heterocycles. The van der Waals surface area contributed by atoms with Crippen molar-refractivity contribution in [3.8, 4) is 11.3 Å². The Balaban J connectivity index is 1.36. The topological polar surface area (TPSA) is 114 Å². The molecule has 2 aliphatic rings. The molecule has 0 unspecified atom stereocenters. The number of nitrogens with zero attached hydrogens (tertiary/aromatic N) is 2. The summed E-state index contributed by atoms with van der Waals surface area (Å²) in [4.78, 5) is 29.5. The normalized spacial score (nSPS) is 16.8. The number of furan rings is 1. The minimum atomic E-state index is -3.46. The van der Waals surface area contributed by atoms with Gasteiger partial charge in [0.1, 0.15) is 11.5 Å². The molecule has 0 saturated carbocycles. The first-order valence-corrected chi connectivity index (χ1v) is 14.0. The summed E-state index contributed by atoms with van der Waals surface area (Å²) in [6, 6.07) is 18.9. The monoisotopic (exact) mass is 507 g/mol. The first-order chi connectivity index (χ1) is 17.2. The molecule has 2 N–H and O–H groups in total. The number of hydrogen-bond acceptors (Lipinski definition) is 6. The Kier molecular flexibility index (Phi) is 6.22. The maximum Gasteiger partial charge on any atom is 0.289 e. The molecule has 0 radical (unpaired) electrons. The van der Waals surface area contributed by atoms with Crippen molar-refractivity contribution in [3.05, 3.63) is 77.6 Å². The van der Waals surface area contributed by atoms with Crippen LogP contribution in [0.1, 0.15) is 34.5 Å². The molecule has 1 spiro atoms. The predicted octanol–water partition coefficient (Wildman–Crippen LogP) is 2.97. The molecule has 1 fully saturated rings. The number of rotatable bonds is 5. The van der Waals surface area contributed by atoms with E-state index in [-0.39, 0.29) is 11.3 Å². The van der Waals surface area contributed by atoms with Crippen LogP contribution in [-0.4, -0.2) is 56.8 Å². The lowest BCUT2D eigenvalue weighted by atomic mass is 9.74. The second-order valence-electron chi connectivity index (χ2n) is 9.71. The fraction of sp³-hybridized carbons (Fsp3) is 0.333. The van der Waals surface area contributed by atoms with E-state index in [0.29, 0.717) is 50.5 Å². The van der Waals surface area contributed by atoms with E-state index < -0.39 is 21.5 Å². The average Bonchev–Trinajstić information content (AvgIpc) is 3.48. The molecule has 9 heteroatoms. The molecule has 1 saturated heterocycles. The zero-order valence-electron chi connectivity index (χ0n) is 20.1. The largest absolute Gasteiger partial charge is 0.451 e. The lowest BCUT2D eigenvalue weighted by Gasteiger charge is -2.39. The van der Waals surface area contributed by atoms with Gasteiger partial charge in [0.15, 0.2) is 15.6 Å². The molecule has 3 aromatic rings. The molecule has 36 heavy (non-hydrogen) atoms. The van der Waals surface area contributed by atoms with Crippen LogP contribution in [0.3, 0.4) is 0 Å². The fourth-order valence-electron chi connectivity index (χ4n) is 5.30. The minimum Gasteiger partial charge on any atom is -0.451 e. The summed E-state index contributed by atoms with van der Waals surface area (Å²) in [5.41, 5.74) is 9.13. The van der Waals surface area contributed by atoms with Gasteiger partial charge < -0.3 is 20.0 Å². The Bertz CT molecular complexity index is 1410. The van der Waals surface area contributed by atoms with Gasteiger partial charge in [-0.2, -0.15) is 0 Å². The van der Waals surface area contributed by atoms with Gasteiger partial charge in [0.25, 0.3) is 5.91 Å². The van der Waals surface area contributed by atoms with Crippen LogP contribution in [0.5, 0.6) is 0 Å². The standard InChI is InChI=1S/C27H29N3O5S/c1-36(33,34)17-25(31)30-18-27(21-15-19(16-28)7-8-22(21)30)11-13-29(14-12-27)26(32)24-10-9-23(35-24)20-5-3-2-4-6-20/h2-10,15H,11-14,16-18,28H2,1H3. The molecule has 0 aliphatic carbocycles. The number of likely N-dealkylation sites (tertiary alicyclic amines) is 1. The number of carbonyl (C=O) groups is 2. The van der Waals surface area contributed by atoms with Crippen molar-refractivity contribution >= 4 is 27.3 Å². The van der Waals surface area contributed by atoms with Crippen molar-refractivity contribution in [2.24, 2.45) is 5.73 Å². The zero-order valence-corrected chi connectivity index (χ0v) is 21.0. The second-order valence-corrected chi connectivity index (χ2v) is 11.8. The van der Waals surface area contributed by atoms with Crippen LogP contribution >= 0.6 is 0 Å². The molecule has 0 atom stereocenters. The van der Waals surface area contributed by atoms with Crippen LogP contribution in [0, 0.1) is 0 Å². The maximum atomic E-state index is 13.2. The number of hydrogen-bond donors (Lipinski definition) is 1. The number of piperidine rings is 1. The third-order valence-electron chi connectivity index (χ3n) is 7.19. The molecule has 5 rings (SSSR count). The Morgan fingerprint density at radius 1 is 1.03 bits per heavy atom. The van der Waals surface area contributed by atoms with E-state index in [1.807, 2.05) is 48.5 Å². The van der Waals surface area contributed by atoms with Gasteiger partial charge in [-0.3, -0.25) is 9.59 Å². The van der Waals surface area contributed by atoms with Crippen molar-refractivity contribution in [2.75, 3.05) is 36.5 Å². The first kappa shape index (κ1) is 24.3. The van der Waals surface area contributed by atoms with Gasteiger partial charge in [-0.15, -0.1) is 0 Å². The molecule has 2 aliphatic heterocycles. The number of anilines is 1. The first-order valence-electron chi connectivity index (χ1n) is 12.0. The van der Waals surface area contributed by atoms with Gasteiger partial charge in [-0.1, -0.05) is 42.5 Å². The number of nitrogens with two attached hydrogens (primary N) is 1. The number of amides is 2. The molecule has 8 nitrogen and oxygen atoms in total. The van der Waals surface area contributed by atoms with E-state index in [2.05, 4.69) is 0 Å². The van der Waals surface area contributed by atoms with Gasteiger partial charge >= 0.3 is 0 Å². The zero-order chi connectivity index (χ0) is 25.5. The molecule has 0 bridgehead atoms. The van der Waals surface area contributed by atoms with Crippen LogP contribution in [0.15, 0.2) is 65.1 Å². The molecule has 2 amide bonds. The highest BCUT2D eigenvalue weighted by Crippen LogP contribution is 2.47. The molecule has 1 aromatic heterocycles. The second kappa shape index (κ2) is 9.22. The van der Waals surface area contributed by atoms with Crippen molar-refractivity contribution in [2.45, 2.75) is 24.8 Å². The molecular weight excluding hydrogens is 478 g/mol. The summed E-state index contributed by atoms with van der Waals surface area (Å²) in [5, 5.41) is 0. The van der Waals surface area contributed by atoms with E-state index >= 15 is 0 Å². The number of carbonyl (C=O) groups excluding carboxylic acids is 2. The number of fused-ring (bicyclic) bond motifs is 2. The highest BCUT2D eigenvalue weighted by Gasteiger charge is 2.47. The van der Waals surface area contributed by atoms with Crippen molar-refractivity contribution in [3.63, 3.8) is 0 Å². The van der Waals surface area contributed by atoms with Crippen LogP contribution in [0.25, 0.3) is 11.3 Å². The van der Waals surface area contributed by atoms with E-state index in [0.717, 1.165) is 28.6 Å². The quantitative estimate of drug-likeness (QED) is 0.568. The van der Waals surface area contributed by atoms with E-state index in [4.69, 9.17) is 10.2 Å². The summed E-state index contributed by atoms with van der Waals surface area (Å²) in [6.45, 7) is 1.76. The SMILES string of the molecule is CS(=O)(=O)CC(=O)N1CC2(CCN(C(=O)c3ccc(-c4ccccc4)o3)CC2)c2cc(CN)ccc21. The van der Waals surface area contributed by atoms with Crippen molar-refractivity contribution in [1.82, 2.24) is 4.90 Å². The van der Waals surface area contributed by atoms with Crippen LogP contribution in [0.4, 0.5) is 5.69 Å². The third kappa shape index (κ3) is 4.56. The summed E-state index contributed by atoms with van der Waals surface area (Å²) in [7, 11) is -3.46. The fourth-order valence-corrected chi connectivity index (χ4v) is 5.90. The number of sulfone groups is 1. The van der Waals surface area contributed by atoms with E-state index in [1.54, 1.807) is 21.9 Å². The van der Waals surface area contributed by atoms with Gasteiger partial charge in [0.05, 0.1) is 0 Å². The Morgan fingerprint density at radius 2 is 1.75 bits per heavy atom. The van der Waals surface area contributed by atoms with Crippen LogP contribution in [0.2, 0.25) is 0 Å². The van der Waals surface area contributed by atoms with Crippen molar-refractivity contribution in [1.29, 1.82) is 0 Å². The molecule has 2 aromatic carbocycles. The molecular formula is C27H29N3O5S. The summed E-state index contributed by atoms with van der Waals surface area (Å²) < 4.78 is 29.5. The smallest absolute Gasteiger partial charge is 0.289 e. The minimum absolute atomic E-state index is 0.161. The Morgan fingerprint density at radius 3 is 2.42 bits per heavy atom. The summed E-state index contributed by atoms with van der Waals surface area (Å²) in [5.74, 6) is -0.184. The predicted molar refractivity (Wildman–Crippen MR) is 137 cm³/mol. The average molecular weight is 508 g/mol. The van der Waals surface area contributed by atoms with Crippen LogP contribution < -0.4 is 10.6 Å².